The zero-order valence-electron chi connectivity index (χ0n) is 8.28. The Balaban J connectivity index is 2.67. The number of rotatable bonds is 3. The maximum Gasteiger partial charge on any atom is 0.289 e. The number of carbonyl (C=O) groups is 1. The normalized spacial score (nSPS) is 9.50. The second kappa shape index (κ2) is 4.47. The summed E-state index contributed by atoms with van der Waals surface area (Å²) in [5.41, 5.74) is 0.818. The third kappa shape index (κ3) is 2.13. The van der Waals surface area contributed by atoms with E-state index in [1.807, 2.05) is 13.0 Å². The molecule has 0 bridgehead atoms. The van der Waals surface area contributed by atoms with Gasteiger partial charge in [-0.25, -0.2) is 0 Å². The van der Waals surface area contributed by atoms with Crippen LogP contribution in [0.2, 0.25) is 0 Å². The van der Waals surface area contributed by atoms with Gasteiger partial charge in [0.25, 0.3) is 5.91 Å². The molecule has 0 saturated heterocycles. The fraction of sp³-hybridized carbons (Fsp3) is 0.400. The highest BCUT2D eigenvalue weighted by Gasteiger charge is 2.16. The second-order valence-electron chi connectivity index (χ2n) is 3.07. The lowest BCUT2D eigenvalue weighted by Gasteiger charge is -2.13. The molecule has 1 heterocycles. The first-order chi connectivity index (χ1) is 6.66. The van der Waals surface area contributed by atoms with Crippen LogP contribution in [0.25, 0.3) is 0 Å². The van der Waals surface area contributed by atoms with E-state index in [2.05, 4.69) is 0 Å². The van der Waals surface area contributed by atoms with Gasteiger partial charge in [-0.15, -0.1) is 0 Å². The molecule has 0 aliphatic rings. The van der Waals surface area contributed by atoms with Crippen molar-refractivity contribution in [3.05, 3.63) is 23.7 Å². The molecule has 14 heavy (non-hydrogen) atoms. The summed E-state index contributed by atoms with van der Waals surface area (Å²) < 4.78 is 5.05. The van der Waals surface area contributed by atoms with Crippen molar-refractivity contribution in [3.63, 3.8) is 0 Å². The standard InChI is InChI=1S/C10H12N2O2/c1-8-4-7-14-9(8)10(13)12(2)6-3-5-11/h4,7H,3,6H2,1-2H3. The Morgan fingerprint density at radius 2 is 2.43 bits per heavy atom. The Morgan fingerprint density at radius 3 is 2.93 bits per heavy atom. The highest BCUT2D eigenvalue weighted by Crippen LogP contribution is 2.11. The molecule has 74 valence electrons. The van der Waals surface area contributed by atoms with Crippen LogP contribution in [0.3, 0.4) is 0 Å². The minimum absolute atomic E-state index is 0.178. The molecule has 0 aliphatic heterocycles. The maximum absolute atomic E-state index is 11.7. The largest absolute Gasteiger partial charge is 0.459 e. The van der Waals surface area contributed by atoms with Crippen molar-refractivity contribution in [2.45, 2.75) is 13.3 Å². The van der Waals surface area contributed by atoms with Crippen LogP contribution in [-0.4, -0.2) is 24.4 Å². The predicted molar refractivity (Wildman–Crippen MR) is 50.6 cm³/mol. The molecule has 0 saturated carbocycles. The molecule has 1 aromatic heterocycles. The molecule has 1 amide bonds. The van der Waals surface area contributed by atoms with Gasteiger partial charge < -0.3 is 9.32 Å². The van der Waals surface area contributed by atoms with Crippen LogP contribution in [0.15, 0.2) is 16.7 Å². The number of hydrogen-bond acceptors (Lipinski definition) is 3. The van der Waals surface area contributed by atoms with E-state index in [4.69, 9.17) is 9.68 Å². The quantitative estimate of drug-likeness (QED) is 0.730. The molecule has 0 spiro atoms. The summed E-state index contributed by atoms with van der Waals surface area (Å²) in [6, 6.07) is 3.73. The van der Waals surface area contributed by atoms with Crippen LogP contribution in [0.5, 0.6) is 0 Å². The summed E-state index contributed by atoms with van der Waals surface area (Å²) in [5, 5.41) is 8.37. The maximum atomic E-state index is 11.7. The number of aryl methyl sites for hydroxylation is 1. The van der Waals surface area contributed by atoms with Crippen molar-refractivity contribution in [1.29, 1.82) is 5.26 Å². The van der Waals surface area contributed by atoms with Crippen molar-refractivity contribution in [3.8, 4) is 6.07 Å². The smallest absolute Gasteiger partial charge is 0.289 e. The van der Waals surface area contributed by atoms with Crippen LogP contribution in [0.1, 0.15) is 22.5 Å². The minimum atomic E-state index is -0.178. The number of carbonyl (C=O) groups excluding carboxylic acids is 1. The fourth-order valence-corrected chi connectivity index (χ4v) is 1.08. The first-order valence-electron chi connectivity index (χ1n) is 4.33. The van der Waals surface area contributed by atoms with Crippen molar-refractivity contribution in [2.24, 2.45) is 0 Å². The predicted octanol–water partition coefficient (Wildman–Crippen LogP) is 1.57. The van der Waals surface area contributed by atoms with E-state index in [1.54, 1.807) is 13.1 Å². The van der Waals surface area contributed by atoms with E-state index < -0.39 is 0 Å². The van der Waals surface area contributed by atoms with Crippen molar-refractivity contribution in [1.82, 2.24) is 4.90 Å². The summed E-state index contributed by atoms with van der Waals surface area (Å²) in [6.07, 6.45) is 1.82. The van der Waals surface area contributed by atoms with Crippen LogP contribution < -0.4 is 0 Å². The van der Waals surface area contributed by atoms with Gasteiger partial charge in [0.15, 0.2) is 5.76 Å². The lowest BCUT2D eigenvalue weighted by atomic mass is 10.2. The molecular weight excluding hydrogens is 180 g/mol. The van der Waals surface area contributed by atoms with E-state index in [0.29, 0.717) is 18.7 Å². The Bertz CT molecular complexity index is 362. The Labute approximate surface area is 82.7 Å². The number of amides is 1. The van der Waals surface area contributed by atoms with Crippen LogP contribution in [0.4, 0.5) is 0 Å². The zero-order chi connectivity index (χ0) is 10.6. The number of nitrogens with zero attached hydrogens (tertiary/aromatic N) is 2. The SMILES string of the molecule is Cc1ccoc1C(=O)N(C)CCC#N. The molecule has 0 atom stereocenters. The lowest BCUT2D eigenvalue weighted by Crippen LogP contribution is -2.27. The highest BCUT2D eigenvalue weighted by atomic mass is 16.3. The third-order valence-electron chi connectivity index (χ3n) is 1.96. The minimum Gasteiger partial charge on any atom is -0.459 e. The van der Waals surface area contributed by atoms with Gasteiger partial charge in [-0.2, -0.15) is 5.26 Å². The first-order valence-corrected chi connectivity index (χ1v) is 4.33. The van der Waals surface area contributed by atoms with Gasteiger partial charge in [0, 0.05) is 19.2 Å². The zero-order valence-corrected chi connectivity index (χ0v) is 8.28. The molecule has 4 heteroatoms. The third-order valence-corrected chi connectivity index (χ3v) is 1.96. The average Bonchev–Trinajstić information content (AvgIpc) is 2.59. The fourth-order valence-electron chi connectivity index (χ4n) is 1.08. The number of nitriles is 1. The molecule has 0 N–H and O–H groups in total. The summed E-state index contributed by atoms with van der Waals surface area (Å²) in [5.74, 6) is 0.174. The van der Waals surface area contributed by atoms with Gasteiger partial charge in [-0.1, -0.05) is 0 Å². The van der Waals surface area contributed by atoms with Crippen molar-refractivity contribution >= 4 is 5.91 Å². The van der Waals surface area contributed by atoms with E-state index in [1.165, 1.54) is 11.2 Å². The number of hydrogen-bond donors (Lipinski definition) is 0. The van der Waals surface area contributed by atoms with Gasteiger partial charge in [0.1, 0.15) is 0 Å². The molecule has 0 radical (unpaired) electrons. The van der Waals surface area contributed by atoms with Gasteiger partial charge in [0.2, 0.25) is 0 Å². The molecule has 1 aromatic rings. The van der Waals surface area contributed by atoms with E-state index >= 15 is 0 Å². The van der Waals surface area contributed by atoms with Crippen LogP contribution >= 0.6 is 0 Å². The van der Waals surface area contributed by atoms with E-state index in [0.717, 1.165) is 5.56 Å². The topological polar surface area (TPSA) is 57.2 Å². The molecule has 1 rings (SSSR count). The van der Waals surface area contributed by atoms with Gasteiger partial charge >= 0.3 is 0 Å². The van der Waals surface area contributed by atoms with Crippen LogP contribution in [0, 0.1) is 18.3 Å². The van der Waals surface area contributed by atoms with Crippen molar-refractivity contribution in [2.75, 3.05) is 13.6 Å². The van der Waals surface area contributed by atoms with E-state index in [9.17, 15) is 4.79 Å². The highest BCUT2D eigenvalue weighted by molar-refractivity contribution is 5.92. The first kappa shape index (κ1) is 10.3. The van der Waals surface area contributed by atoms with Crippen LogP contribution in [-0.2, 0) is 0 Å². The Morgan fingerprint density at radius 1 is 1.71 bits per heavy atom. The van der Waals surface area contributed by atoms with Gasteiger partial charge in [0.05, 0.1) is 18.8 Å². The van der Waals surface area contributed by atoms with Gasteiger partial charge in [-0.05, 0) is 13.0 Å². The molecule has 0 aromatic carbocycles. The average molecular weight is 192 g/mol. The summed E-state index contributed by atoms with van der Waals surface area (Å²) in [4.78, 5) is 13.1. The molecule has 0 unspecified atom stereocenters. The number of furan rings is 1. The molecule has 0 aliphatic carbocycles. The van der Waals surface area contributed by atoms with E-state index in [-0.39, 0.29) is 5.91 Å². The summed E-state index contributed by atoms with van der Waals surface area (Å²) in [7, 11) is 1.65. The Kier molecular flexibility index (Phi) is 3.29. The summed E-state index contributed by atoms with van der Waals surface area (Å²) >= 11 is 0. The summed E-state index contributed by atoms with van der Waals surface area (Å²) in [6.45, 7) is 2.24. The molecular formula is C10H12N2O2. The second-order valence-corrected chi connectivity index (χ2v) is 3.07. The lowest BCUT2D eigenvalue weighted by molar-refractivity contribution is 0.0765. The van der Waals surface area contributed by atoms with Gasteiger partial charge in [-0.3, -0.25) is 4.79 Å². The molecule has 4 nitrogen and oxygen atoms in total. The Hall–Kier alpha value is -1.76. The monoisotopic (exact) mass is 192 g/mol. The molecule has 0 fully saturated rings. The van der Waals surface area contributed by atoms with Crippen molar-refractivity contribution < 1.29 is 9.21 Å².